The summed E-state index contributed by atoms with van der Waals surface area (Å²) >= 11 is 0. The topological polar surface area (TPSA) is 111 Å². The third-order valence-electron chi connectivity index (χ3n) is 16.2. The van der Waals surface area contributed by atoms with Gasteiger partial charge in [0.2, 0.25) is 0 Å². The van der Waals surface area contributed by atoms with Crippen LogP contribution in [0.25, 0.3) is 0 Å². The van der Waals surface area contributed by atoms with Crippen LogP contribution in [0.5, 0.6) is 0 Å². The zero-order chi connectivity index (χ0) is 73.2. The Bertz CT molecular complexity index is 2470. The zero-order valence-corrected chi connectivity index (χ0v) is 64.7. The molecule has 0 amide bonds. The van der Waals surface area contributed by atoms with Crippen molar-refractivity contribution in [2.45, 2.75) is 296 Å². The number of carbonyl (C=O) groups is 3. The van der Waals surface area contributed by atoms with E-state index in [9.17, 15) is 19.5 Å². The molecule has 0 aliphatic rings. The Kier molecular flexibility index (Phi) is 74.3. The number of rotatable bonds is 71. The number of hydrogen-bond donors (Lipinski definition) is 0. The molecule has 0 aromatic rings. The molecule has 9 nitrogen and oxygen atoms in total. The normalized spacial score (nSPS) is 13.9. The molecule has 0 aliphatic heterocycles. The predicted molar refractivity (Wildman–Crippen MR) is 434 cm³/mol. The van der Waals surface area contributed by atoms with Crippen LogP contribution in [0.15, 0.2) is 219 Å². The quantitative estimate of drug-likeness (QED) is 0.0195. The second kappa shape index (κ2) is 79.3. The van der Waals surface area contributed by atoms with Crippen molar-refractivity contribution >= 4 is 17.9 Å². The fraction of sp³-hybridized carbons (Fsp3) is 0.576. The molecule has 0 rings (SSSR count). The SMILES string of the molecule is CC/C=C\C/C=C\C/C=C\C/C=C\C/C=C\C/C=C\C/C=C\C/C=C\C/C=C\C/C=C\C/C=C\C/C=C\CCCCC(=O)OC(COC(=O)CCCCCCCCCCCCCCCCCCCC/C=C\C/C=C\C/C=C\C/C=C\C/C=C\C/C=C\CC)COC(OCC[N+](C)(C)C)C(=O)[O-]. The van der Waals surface area contributed by atoms with Crippen LogP contribution >= 0.6 is 0 Å². The molecule has 0 aromatic heterocycles. The minimum atomic E-state index is -1.65. The van der Waals surface area contributed by atoms with E-state index in [4.69, 9.17) is 18.9 Å². The maximum Gasteiger partial charge on any atom is 0.306 e. The molecule has 0 radical (unpaired) electrons. The van der Waals surface area contributed by atoms with E-state index in [1.54, 1.807) is 0 Å². The Morgan fingerprint density at radius 1 is 0.297 bits per heavy atom. The van der Waals surface area contributed by atoms with Crippen LogP contribution in [-0.2, 0) is 33.3 Å². The number of nitrogens with zero attached hydrogens (tertiary/aromatic N) is 1. The van der Waals surface area contributed by atoms with Crippen molar-refractivity contribution in [3.8, 4) is 0 Å². The Morgan fingerprint density at radius 2 is 0.535 bits per heavy atom. The van der Waals surface area contributed by atoms with Gasteiger partial charge in [0, 0.05) is 12.8 Å². The fourth-order valence-corrected chi connectivity index (χ4v) is 10.2. The van der Waals surface area contributed by atoms with Gasteiger partial charge in [-0.25, -0.2) is 0 Å². The van der Waals surface area contributed by atoms with Gasteiger partial charge in [0.15, 0.2) is 12.4 Å². The average molecular weight is 1390 g/mol. The van der Waals surface area contributed by atoms with E-state index < -0.39 is 24.3 Å². The van der Waals surface area contributed by atoms with E-state index in [2.05, 4.69) is 233 Å². The highest BCUT2D eigenvalue weighted by Crippen LogP contribution is 2.17. The van der Waals surface area contributed by atoms with Crippen LogP contribution in [-0.4, -0.2) is 82.3 Å². The standard InChI is InChI=1S/C92H145NO8/c1-6-8-10-12-14-16-18-20-22-24-26-28-30-32-34-36-38-40-42-44-45-47-49-51-53-55-57-59-61-63-65-67-69-71-73-75-77-79-81-83-90(95)101-88(87-100-92(91(96)97)98-85-84-93(3,4)5)86-99-89(94)82-80-78-76-74-72-70-68-66-64-62-60-58-56-54-52-50-48-46-43-41-39-37-35-33-31-29-27-25-23-21-19-17-15-13-11-9-7-2/h8-11,14-17,20-23,26-29,32-35,38-41,44-45,49,51,55,57,61,63,67,69,73,75,88,92H,6-7,12-13,18-19,24-25,30-31,36-37,42-43,46-48,50,52-54,56,58-60,62,64-66,68,70-72,74,76-87H2,1-5H3/b10-8-,11-9-,16-14-,17-15-,22-20-,23-21-,28-26-,29-27-,34-32-,35-33-,40-38-,41-39-,45-44-,51-49-,57-55-,63-61-,69-67-,75-73-. The van der Waals surface area contributed by atoms with Gasteiger partial charge in [0.05, 0.1) is 40.3 Å². The molecule has 0 aliphatic carbocycles. The lowest BCUT2D eigenvalue weighted by Gasteiger charge is -2.26. The third kappa shape index (κ3) is 80.8. The van der Waals surface area contributed by atoms with E-state index in [1.807, 2.05) is 21.1 Å². The molecule has 2 unspecified atom stereocenters. The summed E-state index contributed by atoms with van der Waals surface area (Å²) in [6.07, 6.45) is 122. The van der Waals surface area contributed by atoms with Crippen LogP contribution in [0.1, 0.15) is 284 Å². The van der Waals surface area contributed by atoms with Crippen molar-refractivity contribution in [1.82, 2.24) is 0 Å². The molecule has 0 fully saturated rings. The van der Waals surface area contributed by atoms with Crippen LogP contribution in [0.2, 0.25) is 0 Å². The first kappa shape index (κ1) is 94.6. The van der Waals surface area contributed by atoms with E-state index in [-0.39, 0.29) is 38.6 Å². The van der Waals surface area contributed by atoms with Gasteiger partial charge >= 0.3 is 11.9 Å². The van der Waals surface area contributed by atoms with Crippen molar-refractivity contribution in [2.75, 3.05) is 47.5 Å². The minimum Gasteiger partial charge on any atom is -0.545 e. The number of carbonyl (C=O) groups excluding carboxylic acids is 3. The zero-order valence-electron chi connectivity index (χ0n) is 64.7. The maximum absolute atomic E-state index is 13.0. The monoisotopic (exact) mass is 1390 g/mol. The van der Waals surface area contributed by atoms with E-state index in [0.717, 1.165) is 148 Å². The summed E-state index contributed by atoms with van der Waals surface area (Å²) in [5.74, 6) is -2.36. The summed E-state index contributed by atoms with van der Waals surface area (Å²) in [7, 11) is 5.91. The fourth-order valence-electron chi connectivity index (χ4n) is 10.2. The van der Waals surface area contributed by atoms with Crippen molar-refractivity contribution in [2.24, 2.45) is 0 Å². The van der Waals surface area contributed by atoms with Crippen LogP contribution in [0, 0.1) is 0 Å². The number of carboxylic acid groups (broad SMARTS) is 1. The molecule has 0 aromatic carbocycles. The number of unbranched alkanes of at least 4 members (excludes halogenated alkanes) is 20. The van der Waals surface area contributed by atoms with Crippen LogP contribution in [0.3, 0.4) is 0 Å². The predicted octanol–water partition coefficient (Wildman–Crippen LogP) is 24.7. The summed E-state index contributed by atoms with van der Waals surface area (Å²) in [5, 5.41) is 11.9. The molecule has 0 heterocycles. The highest BCUT2D eigenvalue weighted by molar-refractivity contribution is 5.70. The summed E-state index contributed by atoms with van der Waals surface area (Å²) < 4.78 is 22.8. The summed E-state index contributed by atoms with van der Waals surface area (Å²) in [6.45, 7) is 4.46. The average Bonchev–Trinajstić information content (AvgIpc) is 1.21. The highest BCUT2D eigenvalue weighted by Gasteiger charge is 2.22. The van der Waals surface area contributed by atoms with Crippen LogP contribution in [0.4, 0.5) is 0 Å². The maximum atomic E-state index is 13.0. The number of esters is 2. The smallest absolute Gasteiger partial charge is 0.306 e. The minimum absolute atomic E-state index is 0.129. The summed E-state index contributed by atoms with van der Waals surface area (Å²) in [6, 6.07) is 0. The van der Waals surface area contributed by atoms with E-state index in [1.165, 1.54) is 103 Å². The number of carboxylic acids is 1. The van der Waals surface area contributed by atoms with Crippen molar-refractivity contribution in [3.05, 3.63) is 219 Å². The molecule has 566 valence electrons. The number of hydrogen-bond acceptors (Lipinski definition) is 8. The van der Waals surface area contributed by atoms with Gasteiger partial charge < -0.3 is 33.3 Å². The molecule has 2 atom stereocenters. The number of aliphatic carboxylic acids is 1. The number of likely N-dealkylation sites (N-methyl/N-ethyl adjacent to an activating group) is 1. The van der Waals surface area contributed by atoms with Gasteiger partial charge in [0.1, 0.15) is 13.2 Å². The highest BCUT2D eigenvalue weighted by atomic mass is 16.7. The second-order valence-electron chi connectivity index (χ2n) is 26.9. The number of quaternary nitrogens is 1. The van der Waals surface area contributed by atoms with Crippen LogP contribution < -0.4 is 5.11 Å². The molecule has 0 saturated heterocycles. The van der Waals surface area contributed by atoms with E-state index >= 15 is 0 Å². The first-order valence-corrected chi connectivity index (χ1v) is 39.9. The lowest BCUT2D eigenvalue weighted by molar-refractivity contribution is -0.870. The molecular weight excluding hydrogens is 1250 g/mol. The largest absolute Gasteiger partial charge is 0.545 e. The van der Waals surface area contributed by atoms with Gasteiger partial charge in [-0.2, -0.15) is 0 Å². The first-order valence-electron chi connectivity index (χ1n) is 39.9. The molecule has 0 saturated carbocycles. The Morgan fingerprint density at radius 3 is 0.812 bits per heavy atom. The summed E-state index contributed by atoms with van der Waals surface area (Å²) in [5.41, 5.74) is 0. The second-order valence-corrected chi connectivity index (χ2v) is 26.9. The lowest BCUT2D eigenvalue weighted by atomic mass is 10.0. The first-order chi connectivity index (χ1) is 49.6. The lowest BCUT2D eigenvalue weighted by Crippen LogP contribution is -2.44. The number of allylic oxidation sites excluding steroid dienone is 36. The molecule has 0 spiro atoms. The Labute approximate surface area is 619 Å². The van der Waals surface area contributed by atoms with Gasteiger partial charge in [-0.15, -0.1) is 0 Å². The molecule has 9 heteroatoms. The number of ether oxygens (including phenoxy) is 4. The van der Waals surface area contributed by atoms with Crippen molar-refractivity contribution in [1.29, 1.82) is 0 Å². The molecule has 0 N–H and O–H groups in total. The van der Waals surface area contributed by atoms with Gasteiger partial charge in [-0.1, -0.05) is 335 Å². The Balaban J connectivity index is 4.19. The van der Waals surface area contributed by atoms with E-state index in [0.29, 0.717) is 17.4 Å². The van der Waals surface area contributed by atoms with Gasteiger partial charge in [0.25, 0.3) is 0 Å². The molecular formula is C92H145NO8. The van der Waals surface area contributed by atoms with Gasteiger partial charge in [-0.3, -0.25) is 9.59 Å². The van der Waals surface area contributed by atoms with Crippen molar-refractivity contribution in [3.63, 3.8) is 0 Å². The van der Waals surface area contributed by atoms with Gasteiger partial charge in [-0.05, 0) is 154 Å². The third-order valence-corrected chi connectivity index (χ3v) is 16.2. The molecule has 101 heavy (non-hydrogen) atoms. The summed E-state index contributed by atoms with van der Waals surface area (Å²) in [4.78, 5) is 37.6. The van der Waals surface area contributed by atoms with Crippen molar-refractivity contribution < 1.29 is 42.9 Å². The Hall–Kier alpha value is -6.39. The molecule has 0 bridgehead atoms.